The number of piperazine rings is 1. The predicted molar refractivity (Wildman–Crippen MR) is 112 cm³/mol. The van der Waals surface area contributed by atoms with Crippen molar-refractivity contribution in [2.24, 2.45) is 0 Å². The van der Waals surface area contributed by atoms with E-state index in [-0.39, 0.29) is 6.42 Å². The summed E-state index contributed by atoms with van der Waals surface area (Å²) < 4.78 is 0. The molecule has 2 aromatic rings. The molecule has 2 aromatic carbocycles. The summed E-state index contributed by atoms with van der Waals surface area (Å²) in [4.78, 5) is 15.8. The Bertz CT molecular complexity index is 764. The molecular formula is C24H30N2O2. The first-order valence-corrected chi connectivity index (χ1v) is 10.6. The molecule has 4 rings (SSSR count). The molecule has 1 heterocycles. The predicted octanol–water partition coefficient (Wildman–Crippen LogP) is 3.75. The Morgan fingerprint density at radius 3 is 2.00 bits per heavy atom. The quantitative estimate of drug-likeness (QED) is 0.778. The van der Waals surface area contributed by atoms with E-state index in [1.807, 2.05) is 0 Å². The summed E-state index contributed by atoms with van der Waals surface area (Å²) >= 11 is 0. The number of aryl methyl sites for hydroxylation is 2. The summed E-state index contributed by atoms with van der Waals surface area (Å²) in [6.45, 7) is 5.26. The standard InChI is InChI=1S/C24H30N2O2/c27-23(28)11-5-6-14-25-15-17-26(18-16-25)24-21-9-3-1-7-19(21)12-13-20-8-2-4-10-22(20)24/h1-4,7-10,24H,5-6,11-18H2,(H,27,28). The van der Waals surface area contributed by atoms with Gasteiger partial charge < -0.3 is 10.0 Å². The fourth-order valence-electron chi connectivity index (χ4n) is 4.74. The van der Waals surface area contributed by atoms with Crippen molar-refractivity contribution in [1.82, 2.24) is 9.80 Å². The molecule has 0 bridgehead atoms. The molecule has 2 aliphatic rings. The summed E-state index contributed by atoms with van der Waals surface area (Å²) in [5.41, 5.74) is 5.92. The van der Waals surface area contributed by atoms with Gasteiger partial charge in [0.15, 0.2) is 0 Å². The van der Waals surface area contributed by atoms with Crippen LogP contribution in [-0.2, 0) is 17.6 Å². The highest BCUT2D eigenvalue weighted by Gasteiger charge is 2.30. The molecule has 0 unspecified atom stereocenters. The topological polar surface area (TPSA) is 43.8 Å². The minimum Gasteiger partial charge on any atom is -0.481 e. The van der Waals surface area contributed by atoms with Crippen molar-refractivity contribution < 1.29 is 9.90 Å². The van der Waals surface area contributed by atoms with E-state index in [1.165, 1.54) is 22.3 Å². The van der Waals surface area contributed by atoms with E-state index in [4.69, 9.17) is 5.11 Å². The lowest BCUT2D eigenvalue weighted by Crippen LogP contribution is -2.48. The number of carboxylic acids is 1. The van der Waals surface area contributed by atoms with Gasteiger partial charge in [-0.1, -0.05) is 48.5 Å². The molecular weight excluding hydrogens is 348 g/mol. The molecule has 0 radical (unpaired) electrons. The fraction of sp³-hybridized carbons (Fsp3) is 0.458. The molecule has 0 atom stereocenters. The molecule has 148 valence electrons. The third-order valence-electron chi connectivity index (χ3n) is 6.25. The van der Waals surface area contributed by atoms with Gasteiger partial charge in [-0.15, -0.1) is 0 Å². The highest BCUT2D eigenvalue weighted by Crippen LogP contribution is 2.37. The van der Waals surface area contributed by atoms with Gasteiger partial charge in [0.25, 0.3) is 0 Å². The zero-order valence-electron chi connectivity index (χ0n) is 16.5. The van der Waals surface area contributed by atoms with Crippen LogP contribution in [0.4, 0.5) is 0 Å². The van der Waals surface area contributed by atoms with Gasteiger partial charge in [0.05, 0.1) is 6.04 Å². The fourth-order valence-corrected chi connectivity index (χ4v) is 4.74. The molecule has 0 amide bonds. The maximum absolute atomic E-state index is 10.7. The van der Waals surface area contributed by atoms with Crippen LogP contribution in [-0.4, -0.2) is 53.6 Å². The molecule has 0 saturated carbocycles. The van der Waals surface area contributed by atoms with Crippen molar-refractivity contribution in [2.75, 3.05) is 32.7 Å². The third-order valence-corrected chi connectivity index (χ3v) is 6.25. The van der Waals surface area contributed by atoms with E-state index >= 15 is 0 Å². The summed E-state index contributed by atoms with van der Waals surface area (Å²) in [5.74, 6) is -0.685. The number of hydrogen-bond acceptors (Lipinski definition) is 3. The Labute approximate surface area is 167 Å². The van der Waals surface area contributed by atoms with Crippen LogP contribution in [0, 0.1) is 0 Å². The van der Waals surface area contributed by atoms with Crippen molar-refractivity contribution in [3.05, 3.63) is 70.8 Å². The Hall–Kier alpha value is -2.17. The number of nitrogens with zero attached hydrogens (tertiary/aromatic N) is 2. The first-order valence-electron chi connectivity index (χ1n) is 10.6. The maximum Gasteiger partial charge on any atom is 0.303 e. The van der Waals surface area contributed by atoms with Crippen molar-refractivity contribution in [3.8, 4) is 0 Å². The van der Waals surface area contributed by atoms with Crippen LogP contribution >= 0.6 is 0 Å². The first-order chi connectivity index (χ1) is 13.7. The largest absolute Gasteiger partial charge is 0.481 e. The number of rotatable bonds is 6. The molecule has 4 heteroatoms. The normalized spacial score (nSPS) is 18.3. The van der Waals surface area contributed by atoms with Gasteiger partial charge in [0, 0.05) is 32.6 Å². The van der Waals surface area contributed by atoms with Gasteiger partial charge in [-0.05, 0) is 54.5 Å². The molecule has 0 spiro atoms. The Balaban J connectivity index is 1.47. The second kappa shape index (κ2) is 8.89. The van der Waals surface area contributed by atoms with Crippen LogP contribution in [0.25, 0.3) is 0 Å². The second-order valence-corrected chi connectivity index (χ2v) is 8.03. The minimum atomic E-state index is -0.685. The zero-order chi connectivity index (χ0) is 19.3. The van der Waals surface area contributed by atoms with Gasteiger partial charge in [0.1, 0.15) is 0 Å². The maximum atomic E-state index is 10.7. The monoisotopic (exact) mass is 378 g/mol. The van der Waals surface area contributed by atoms with Crippen LogP contribution in [0.3, 0.4) is 0 Å². The first kappa shape index (κ1) is 19.2. The summed E-state index contributed by atoms with van der Waals surface area (Å²) in [6.07, 6.45) is 4.27. The third kappa shape index (κ3) is 4.29. The lowest BCUT2D eigenvalue weighted by atomic mass is 9.92. The molecule has 1 aliphatic carbocycles. The molecule has 1 saturated heterocycles. The smallest absolute Gasteiger partial charge is 0.303 e. The highest BCUT2D eigenvalue weighted by atomic mass is 16.4. The zero-order valence-corrected chi connectivity index (χ0v) is 16.5. The van der Waals surface area contributed by atoms with E-state index < -0.39 is 5.97 Å². The molecule has 0 aromatic heterocycles. The van der Waals surface area contributed by atoms with E-state index in [9.17, 15) is 4.79 Å². The number of carbonyl (C=O) groups is 1. The highest BCUT2D eigenvalue weighted by molar-refractivity contribution is 5.66. The van der Waals surface area contributed by atoms with Crippen molar-refractivity contribution in [1.29, 1.82) is 0 Å². The molecule has 4 nitrogen and oxygen atoms in total. The van der Waals surface area contributed by atoms with Crippen LogP contribution in [0.1, 0.15) is 47.6 Å². The summed E-state index contributed by atoms with van der Waals surface area (Å²) in [7, 11) is 0. The van der Waals surface area contributed by atoms with Crippen molar-refractivity contribution in [3.63, 3.8) is 0 Å². The van der Waals surface area contributed by atoms with E-state index in [0.717, 1.165) is 58.4 Å². The lowest BCUT2D eigenvalue weighted by Gasteiger charge is -2.40. The van der Waals surface area contributed by atoms with Gasteiger partial charge >= 0.3 is 5.97 Å². The van der Waals surface area contributed by atoms with Crippen molar-refractivity contribution >= 4 is 5.97 Å². The van der Waals surface area contributed by atoms with Gasteiger partial charge in [-0.25, -0.2) is 0 Å². The van der Waals surface area contributed by atoms with Crippen LogP contribution in [0.2, 0.25) is 0 Å². The minimum absolute atomic E-state index is 0.287. The summed E-state index contributed by atoms with van der Waals surface area (Å²) in [6, 6.07) is 18.3. The second-order valence-electron chi connectivity index (χ2n) is 8.03. The van der Waals surface area contributed by atoms with Gasteiger partial charge in [-0.2, -0.15) is 0 Å². The van der Waals surface area contributed by atoms with E-state index in [0.29, 0.717) is 6.04 Å². The average Bonchev–Trinajstić information content (AvgIpc) is 2.89. The average molecular weight is 379 g/mol. The Morgan fingerprint density at radius 2 is 1.43 bits per heavy atom. The van der Waals surface area contributed by atoms with Gasteiger partial charge in [0.2, 0.25) is 0 Å². The van der Waals surface area contributed by atoms with E-state index in [1.54, 1.807) is 0 Å². The number of hydrogen-bond donors (Lipinski definition) is 1. The van der Waals surface area contributed by atoms with Crippen LogP contribution in [0.5, 0.6) is 0 Å². The SMILES string of the molecule is O=C(O)CCCCN1CCN(C2c3ccccc3CCc3ccccc32)CC1. The van der Waals surface area contributed by atoms with Crippen LogP contribution < -0.4 is 0 Å². The number of unbranched alkanes of at least 4 members (excludes halogenated alkanes) is 1. The molecule has 28 heavy (non-hydrogen) atoms. The van der Waals surface area contributed by atoms with Gasteiger partial charge in [-0.3, -0.25) is 9.69 Å². The number of benzene rings is 2. The lowest BCUT2D eigenvalue weighted by molar-refractivity contribution is -0.137. The van der Waals surface area contributed by atoms with E-state index in [2.05, 4.69) is 58.3 Å². The Kier molecular flexibility index (Phi) is 6.08. The summed E-state index contributed by atoms with van der Waals surface area (Å²) in [5, 5.41) is 8.79. The molecule has 1 N–H and O–H groups in total. The number of aliphatic carboxylic acids is 1. The molecule has 1 aliphatic heterocycles. The van der Waals surface area contributed by atoms with Crippen molar-refractivity contribution in [2.45, 2.75) is 38.1 Å². The number of carboxylic acid groups (broad SMARTS) is 1. The number of fused-ring (bicyclic) bond motifs is 2. The Morgan fingerprint density at radius 1 is 0.857 bits per heavy atom. The molecule has 1 fully saturated rings. The van der Waals surface area contributed by atoms with Crippen LogP contribution in [0.15, 0.2) is 48.5 Å².